The molecule has 67 heavy (non-hydrogen) atoms. The second kappa shape index (κ2) is 14.7. The third kappa shape index (κ3) is 5.93. The van der Waals surface area contributed by atoms with E-state index in [-0.39, 0.29) is 0 Å². The molecule has 4 heterocycles. The fraction of sp³-hybridized carbons (Fsp3) is 0. The molecule has 6 heteroatoms. The standard InChI is InChI=1S/C61H37N5O/c1-3-16-38(17-4-1)39-20-15-21-42(32-39)59-62-60(43-30-31-48-46-24-9-12-27-52(46)65(54(48)36-43)45-22-5-2-6-23-45)64-61(63-59)44-34-51-49-26-11-14-29-57(49)67-58(51)56(37-44)66-53-28-13-10-25-47(53)50-33-40-18-7-8-19-41(40)35-55(50)66/h1-37H. The van der Waals surface area contributed by atoms with Crippen molar-refractivity contribution in [1.82, 2.24) is 24.1 Å². The van der Waals surface area contributed by atoms with Crippen LogP contribution in [0.25, 0.3) is 133 Å². The zero-order valence-corrected chi connectivity index (χ0v) is 36.0. The molecule has 0 saturated heterocycles. The van der Waals surface area contributed by atoms with E-state index < -0.39 is 0 Å². The minimum atomic E-state index is 0.563. The predicted octanol–water partition coefficient (Wildman–Crippen LogP) is 15.8. The Labute approximate surface area is 384 Å². The molecule has 14 aromatic rings. The summed E-state index contributed by atoms with van der Waals surface area (Å²) in [5.41, 5.74) is 12.9. The van der Waals surface area contributed by atoms with Gasteiger partial charge in [0.2, 0.25) is 0 Å². The monoisotopic (exact) mass is 855 g/mol. The van der Waals surface area contributed by atoms with E-state index in [9.17, 15) is 0 Å². The molecule has 0 bridgehead atoms. The van der Waals surface area contributed by atoms with Gasteiger partial charge in [0.1, 0.15) is 5.58 Å². The number of para-hydroxylation sites is 4. The summed E-state index contributed by atoms with van der Waals surface area (Å²) >= 11 is 0. The number of benzene rings is 10. The summed E-state index contributed by atoms with van der Waals surface area (Å²) < 4.78 is 11.6. The van der Waals surface area contributed by atoms with E-state index in [4.69, 9.17) is 19.4 Å². The van der Waals surface area contributed by atoms with Gasteiger partial charge in [-0.2, -0.15) is 0 Å². The van der Waals surface area contributed by atoms with E-state index >= 15 is 0 Å². The van der Waals surface area contributed by atoms with Crippen LogP contribution in [0.5, 0.6) is 0 Å². The molecular formula is C61H37N5O. The molecule has 0 aliphatic carbocycles. The van der Waals surface area contributed by atoms with Crippen molar-refractivity contribution < 1.29 is 4.42 Å². The van der Waals surface area contributed by atoms with Gasteiger partial charge in [-0.3, -0.25) is 0 Å². The van der Waals surface area contributed by atoms with Gasteiger partial charge in [0.05, 0.1) is 27.8 Å². The molecule has 0 amide bonds. The lowest BCUT2D eigenvalue weighted by Gasteiger charge is -2.13. The molecule has 0 spiro atoms. The van der Waals surface area contributed by atoms with Gasteiger partial charge in [-0.1, -0.05) is 158 Å². The molecule has 10 aromatic carbocycles. The van der Waals surface area contributed by atoms with Crippen LogP contribution in [0.1, 0.15) is 0 Å². The van der Waals surface area contributed by atoms with Crippen LogP contribution in [-0.4, -0.2) is 24.1 Å². The Balaban J connectivity index is 1.05. The first kappa shape index (κ1) is 37.3. The Morgan fingerprint density at radius 1 is 0.299 bits per heavy atom. The quantitative estimate of drug-likeness (QED) is 0.167. The van der Waals surface area contributed by atoms with Gasteiger partial charge < -0.3 is 13.6 Å². The van der Waals surface area contributed by atoms with Gasteiger partial charge in [-0.05, 0) is 88.6 Å². The van der Waals surface area contributed by atoms with Crippen LogP contribution in [0.2, 0.25) is 0 Å². The molecule has 312 valence electrons. The van der Waals surface area contributed by atoms with Crippen LogP contribution in [0.3, 0.4) is 0 Å². The summed E-state index contributed by atoms with van der Waals surface area (Å²) in [5, 5.41) is 9.07. The number of hydrogen-bond donors (Lipinski definition) is 0. The average Bonchev–Trinajstić information content (AvgIpc) is 4.05. The number of hydrogen-bond acceptors (Lipinski definition) is 4. The lowest BCUT2D eigenvalue weighted by Crippen LogP contribution is -2.02. The molecule has 0 N–H and O–H groups in total. The molecule has 0 radical (unpaired) electrons. The van der Waals surface area contributed by atoms with Crippen LogP contribution in [-0.2, 0) is 0 Å². The van der Waals surface area contributed by atoms with E-state index in [1.807, 2.05) is 18.2 Å². The Kier molecular flexibility index (Phi) is 8.18. The summed E-state index contributed by atoms with van der Waals surface area (Å²) in [7, 11) is 0. The topological polar surface area (TPSA) is 61.7 Å². The number of furan rings is 1. The smallest absolute Gasteiger partial charge is 0.164 e. The van der Waals surface area contributed by atoms with Crippen molar-refractivity contribution in [2.75, 3.05) is 0 Å². The van der Waals surface area contributed by atoms with E-state index in [0.29, 0.717) is 17.5 Å². The van der Waals surface area contributed by atoms with Crippen molar-refractivity contribution in [2.24, 2.45) is 0 Å². The fourth-order valence-corrected chi connectivity index (χ4v) is 10.2. The Bertz CT molecular complexity index is 4280. The molecule has 0 aliphatic heterocycles. The van der Waals surface area contributed by atoms with Gasteiger partial charge in [0, 0.05) is 54.7 Å². The van der Waals surface area contributed by atoms with Crippen LogP contribution in [0.15, 0.2) is 229 Å². The number of fused-ring (bicyclic) bond motifs is 10. The highest BCUT2D eigenvalue weighted by molar-refractivity contribution is 6.16. The zero-order valence-electron chi connectivity index (χ0n) is 36.0. The Morgan fingerprint density at radius 3 is 1.63 bits per heavy atom. The van der Waals surface area contributed by atoms with Crippen molar-refractivity contribution in [2.45, 2.75) is 0 Å². The summed E-state index contributed by atoms with van der Waals surface area (Å²) in [5.74, 6) is 1.73. The minimum Gasteiger partial charge on any atom is -0.454 e. The molecule has 0 saturated carbocycles. The molecule has 0 unspecified atom stereocenters. The number of rotatable bonds is 6. The van der Waals surface area contributed by atoms with E-state index in [0.717, 1.165) is 88.6 Å². The van der Waals surface area contributed by atoms with Crippen molar-refractivity contribution in [3.05, 3.63) is 224 Å². The first-order chi connectivity index (χ1) is 33.2. The molecule has 0 fully saturated rings. The highest BCUT2D eigenvalue weighted by Gasteiger charge is 2.23. The number of nitrogens with zero attached hydrogens (tertiary/aromatic N) is 5. The minimum absolute atomic E-state index is 0.563. The van der Waals surface area contributed by atoms with Crippen molar-refractivity contribution in [3.63, 3.8) is 0 Å². The largest absolute Gasteiger partial charge is 0.454 e. The van der Waals surface area contributed by atoms with Crippen LogP contribution in [0.4, 0.5) is 0 Å². The van der Waals surface area contributed by atoms with Gasteiger partial charge in [-0.15, -0.1) is 0 Å². The van der Waals surface area contributed by atoms with Gasteiger partial charge in [-0.25, -0.2) is 15.0 Å². The molecule has 0 atom stereocenters. The first-order valence-corrected chi connectivity index (χ1v) is 22.6. The first-order valence-electron chi connectivity index (χ1n) is 22.6. The zero-order chi connectivity index (χ0) is 44.0. The van der Waals surface area contributed by atoms with Crippen LogP contribution in [0, 0.1) is 0 Å². The Hall–Kier alpha value is -9.13. The van der Waals surface area contributed by atoms with E-state index in [1.165, 1.54) is 26.9 Å². The van der Waals surface area contributed by atoms with Gasteiger partial charge >= 0.3 is 0 Å². The van der Waals surface area contributed by atoms with Gasteiger partial charge in [0.15, 0.2) is 23.1 Å². The van der Waals surface area contributed by atoms with Crippen molar-refractivity contribution >= 4 is 76.3 Å². The third-order valence-corrected chi connectivity index (χ3v) is 13.3. The number of aromatic nitrogens is 5. The van der Waals surface area contributed by atoms with E-state index in [1.54, 1.807) is 0 Å². The average molecular weight is 856 g/mol. The van der Waals surface area contributed by atoms with Crippen LogP contribution >= 0.6 is 0 Å². The van der Waals surface area contributed by atoms with E-state index in [2.05, 4.69) is 215 Å². The normalized spacial score (nSPS) is 11.9. The second-order valence-electron chi connectivity index (χ2n) is 17.2. The summed E-state index contributed by atoms with van der Waals surface area (Å²) in [6.45, 7) is 0. The van der Waals surface area contributed by atoms with Crippen molar-refractivity contribution in [1.29, 1.82) is 0 Å². The lowest BCUT2D eigenvalue weighted by atomic mass is 10.0. The highest BCUT2D eigenvalue weighted by Crippen LogP contribution is 2.42. The second-order valence-corrected chi connectivity index (χ2v) is 17.2. The van der Waals surface area contributed by atoms with Gasteiger partial charge in [0.25, 0.3) is 0 Å². The fourth-order valence-electron chi connectivity index (χ4n) is 10.2. The third-order valence-electron chi connectivity index (χ3n) is 13.3. The Morgan fingerprint density at radius 2 is 0.851 bits per heavy atom. The molecule has 14 rings (SSSR count). The SMILES string of the molecule is c1ccc(-c2cccc(-c3nc(-c4cc(-n5c6ccccc6c6cc7ccccc7cc65)c5oc6ccccc6c5c4)nc(-c4ccc5c6ccccc6n(-c6ccccc6)c5c4)n3)c2)cc1. The molecule has 4 aromatic heterocycles. The summed E-state index contributed by atoms with van der Waals surface area (Å²) in [4.78, 5) is 16.1. The maximum absolute atomic E-state index is 6.86. The predicted molar refractivity (Wildman–Crippen MR) is 275 cm³/mol. The van der Waals surface area contributed by atoms with Crippen molar-refractivity contribution in [3.8, 4) is 56.7 Å². The lowest BCUT2D eigenvalue weighted by molar-refractivity contribution is 0.666. The van der Waals surface area contributed by atoms with Crippen LogP contribution < -0.4 is 0 Å². The molecule has 0 aliphatic rings. The molecule has 6 nitrogen and oxygen atoms in total. The highest BCUT2D eigenvalue weighted by atomic mass is 16.3. The summed E-state index contributed by atoms with van der Waals surface area (Å²) in [6, 6.07) is 79.1. The summed E-state index contributed by atoms with van der Waals surface area (Å²) in [6.07, 6.45) is 0. The maximum Gasteiger partial charge on any atom is 0.164 e. The maximum atomic E-state index is 6.86. The molecular weight excluding hydrogens is 819 g/mol.